The summed E-state index contributed by atoms with van der Waals surface area (Å²) < 4.78 is 3.34. The number of rotatable bonds is 3. The van der Waals surface area contributed by atoms with Gasteiger partial charge < -0.3 is 5.11 Å². The second-order valence-electron chi connectivity index (χ2n) is 4.43. The standard InChI is InChI=1S/C14H11ClN4O2/c1-9-10(15)8-19(17-9)14-11(5-6-13(20)21)18-7-3-2-4-12(18)16-14/h2-8H,1H3,(H,20,21). The van der Waals surface area contributed by atoms with Gasteiger partial charge in [0.25, 0.3) is 0 Å². The molecule has 3 heterocycles. The number of aryl methyl sites for hydroxylation is 1. The third-order valence-electron chi connectivity index (χ3n) is 2.99. The Morgan fingerprint density at radius 1 is 1.43 bits per heavy atom. The van der Waals surface area contributed by atoms with Crippen LogP contribution in [0.2, 0.25) is 5.02 Å². The first-order chi connectivity index (χ1) is 10.1. The molecule has 3 rings (SSSR count). The normalized spacial score (nSPS) is 11.5. The molecule has 0 bridgehead atoms. The summed E-state index contributed by atoms with van der Waals surface area (Å²) in [5, 5.41) is 13.7. The van der Waals surface area contributed by atoms with Crippen LogP contribution in [-0.2, 0) is 4.79 Å². The Labute approximate surface area is 124 Å². The first kappa shape index (κ1) is 13.4. The molecule has 0 saturated heterocycles. The molecule has 0 saturated carbocycles. The van der Waals surface area contributed by atoms with Crippen molar-refractivity contribution in [2.24, 2.45) is 0 Å². The molecule has 6 nitrogen and oxygen atoms in total. The molecule has 3 aromatic heterocycles. The lowest BCUT2D eigenvalue weighted by Gasteiger charge is -1.99. The highest BCUT2D eigenvalue weighted by molar-refractivity contribution is 6.31. The van der Waals surface area contributed by atoms with Crippen molar-refractivity contribution in [3.63, 3.8) is 0 Å². The van der Waals surface area contributed by atoms with E-state index >= 15 is 0 Å². The Hall–Kier alpha value is -2.60. The molecule has 0 atom stereocenters. The smallest absolute Gasteiger partial charge is 0.328 e. The third-order valence-corrected chi connectivity index (χ3v) is 3.36. The second-order valence-corrected chi connectivity index (χ2v) is 4.84. The van der Waals surface area contributed by atoms with Crippen LogP contribution in [0.3, 0.4) is 0 Å². The lowest BCUT2D eigenvalue weighted by molar-refractivity contribution is -0.131. The van der Waals surface area contributed by atoms with E-state index in [-0.39, 0.29) is 0 Å². The lowest BCUT2D eigenvalue weighted by Crippen LogP contribution is -1.99. The van der Waals surface area contributed by atoms with E-state index in [0.717, 1.165) is 6.08 Å². The van der Waals surface area contributed by atoms with Crippen LogP contribution in [0.5, 0.6) is 0 Å². The number of imidazole rings is 1. The van der Waals surface area contributed by atoms with Gasteiger partial charge in [-0.2, -0.15) is 5.10 Å². The van der Waals surface area contributed by atoms with Crippen LogP contribution in [-0.4, -0.2) is 30.2 Å². The Morgan fingerprint density at radius 3 is 2.90 bits per heavy atom. The molecule has 0 unspecified atom stereocenters. The predicted octanol–water partition coefficient (Wildman–Crippen LogP) is 2.58. The zero-order valence-corrected chi connectivity index (χ0v) is 11.8. The summed E-state index contributed by atoms with van der Waals surface area (Å²) in [6.45, 7) is 1.79. The fourth-order valence-electron chi connectivity index (χ4n) is 2.02. The minimum atomic E-state index is -1.03. The molecule has 21 heavy (non-hydrogen) atoms. The Morgan fingerprint density at radius 2 is 2.24 bits per heavy atom. The van der Waals surface area contributed by atoms with Crippen LogP contribution in [0.1, 0.15) is 11.4 Å². The highest BCUT2D eigenvalue weighted by Crippen LogP contribution is 2.21. The van der Waals surface area contributed by atoms with E-state index in [9.17, 15) is 4.79 Å². The number of fused-ring (bicyclic) bond motifs is 1. The van der Waals surface area contributed by atoms with Gasteiger partial charge in [0.1, 0.15) is 5.65 Å². The van der Waals surface area contributed by atoms with Crippen LogP contribution >= 0.6 is 11.6 Å². The number of carboxylic acid groups (broad SMARTS) is 1. The maximum absolute atomic E-state index is 10.8. The van der Waals surface area contributed by atoms with Gasteiger partial charge in [-0.05, 0) is 25.1 Å². The molecule has 0 aromatic carbocycles. The predicted molar refractivity (Wildman–Crippen MR) is 78.7 cm³/mol. The molecule has 0 amide bonds. The van der Waals surface area contributed by atoms with Gasteiger partial charge in [0.05, 0.1) is 22.6 Å². The summed E-state index contributed by atoms with van der Waals surface area (Å²) in [4.78, 5) is 15.3. The molecule has 0 spiro atoms. The van der Waals surface area contributed by atoms with Crippen LogP contribution < -0.4 is 0 Å². The van der Waals surface area contributed by atoms with Crippen molar-refractivity contribution in [1.82, 2.24) is 19.2 Å². The van der Waals surface area contributed by atoms with Gasteiger partial charge in [0, 0.05) is 12.3 Å². The number of aliphatic carboxylic acids is 1. The van der Waals surface area contributed by atoms with Crippen molar-refractivity contribution in [2.75, 3.05) is 0 Å². The first-order valence-electron chi connectivity index (χ1n) is 6.16. The molecule has 0 aliphatic heterocycles. The van der Waals surface area contributed by atoms with E-state index in [1.165, 1.54) is 6.08 Å². The van der Waals surface area contributed by atoms with Crippen molar-refractivity contribution in [1.29, 1.82) is 0 Å². The van der Waals surface area contributed by atoms with Crippen molar-refractivity contribution >= 4 is 29.3 Å². The van der Waals surface area contributed by atoms with E-state index in [2.05, 4.69) is 10.1 Å². The number of hydrogen-bond acceptors (Lipinski definition) is 3. The number of nitrogens with zero attached hydrogens (tertiary/aromatic N) is 4. The Kier molecular flexibility index (Phi) is 3.23. The van der Waals surface area contributed by atoms with Crippen LogP contribution in [0.15, 0.2) is 36.7 Å². The molecule has 0 aliphatic rings. The van der Waals surface area contributed by atoms with Gasteiger partial charge in [-0.25, -0.2) is 14.5 Å². The highest BCUT2D eigenvalue weighted by atomic mass is 35.5. The van der Waals surface area contributed by atoms with E-state index < -0.39 is 5.97 Å². The van der Waals surface area contributed by atoms with Crippen molar-refractivity contribution in [2.45, 2.75) is 6.92 Å². The molecular weight excluding hydrogens is 292 g/mol. The average molecular weight is 303 g/mol. The number of hydrogen-bond donors (Lipinski definition) is 1. The van der Waals surface area contributed by atoms with Crippen LogP contribution in [0.4, 0.5) is 0 Å². The van der Waals surface area contributed by atoms with Crippen molar-refractivity contribution < 1.29 is 9.90 Å². The van der Waals surface area contributed by atoms with Gasteiger partial charge in [0.15, 0.2) is 5.82 Å². The minimum absolute atomic E-state index is 0.522. The van der Waals surface area contributed by atoms with Crippen molar-refractivity contribution in [3.8, 4) is 5.82 Å². The third kappa shape index (κ3) is 2.41. The average Bonchev–Trinajstić information content (AvgIpc) is 2.97. The number of carbonyl (C=O) groups is 1. The van der Waals surface area contributed by atoms with Crippen molar-refractivity contribution in [3.05, 3.63) is 53.1 Å². The summed E-state index contributed by atoms with van der Waals surface area (Å²) >= 11 is 6.03. The van der Waals surface area contributed by atoms with Gasteiger partial charge in [-0.15, -0.1) is 0 Å². The van der Waals surface area contributed by atoms with E-state index in [1.54, 1.807) is 22.2 Å². The number of aromatic nitrogens is 4. The Balaban J connectivity index is 2.25. The van der Waals surface area contributed by atoms with Crippen LogP contribution in [0, 0.1) is 6.92 Å². The van der Waals surface area contributed by atoms with Gasteiger partial charge in [0.2, 0.25) is 0 Å². The first-order valence-corrected chi connectivity index (χ1v) is 6.54. The number of halogens is 1. The topological polar surface area (TPSA) is 72.4 Å². The number of pyridine rings is 1. The van der Waals surface area contributed by atoms with Gasteiger partial charge >= 0.3 is 5.97 Å². The summed E-state index contributed by atoms with van der Waals surface area (Å²) in [6, 6.07) is 5.54. The maximum Gasteiger partial charge on any atom is 0.328 e. The molecular formula is C14H11ClN4O2. The second kappa shape index (κ2) is 5.06. The quantitative estimate of drug-likeness (QED) is 0.755. The molecule has 106 valence electrons. The molecule has 0 aliphatic carbocycles. The van der Waals surface area contributed by atoms with E-state index in [1.807, 2.05) is 24.4 Å². The largest absolute Gasteiger partial charge is 0.478 e. The summed E-state index contributed by atoms with van der Waals surface area (Å²) in [7, 11) is 0. The molecule has 0 radical (unpaired) electrons. The fourth-order valence-corrected chi connectivity index (χ4v) is 2.15. The SMILES string of the molecule is Cc1nn(-c2nc3ccccn3c2C=CC(=O)O)cc1Cl. The lowest BCUT2D eigenvalue weighted by atomic mass is 10.3. The van der Waals surface area contributed by atoms with Gasteiger partial charge in [-0.1, -0.05) is 17.7 Å². The molecule has 7 heteroatoms. The van der Waals surface area contributed by atoms with Gasteiger partial charge in [-0.3, -0.25) is 4.40 Å². The minimum Gasteiger partial charge on any atom is -0.478 e. The Bertz CT molecular complexity index is 844. The zero-order chi connectivity index (χ0) is 15.0. The highest BCUT2D eigenvalue weighted by Gasteiger charge is 2.14. The maximum atomic E-state index is 10.8. The fraction of sp³-hybridized carbons (Fsp3) is 0.0714. The zero-order valence-electron chi connectivity index (χ0n) is 11.1. The number of carboxylic acids is 1. The molecule has 0 fully saturated rings. The summed E-state index contributed by atoms with van der Waals surface area (Å²) in [5.41, 5.74) is 2.00. The monoisotopic (exact) mass is 302 g/mol. The van der Waals surface area contributed by atoms with E-state index in [4.69, 9.17) is 16.7 Å². The summed E-state index contributed by atoms with van der Waals surface area (Å²) in [6.07, 6.45) is 6.02. The van der Waals surface area contributed by atoms with Crippen LogP contribution in [0.25, 0.3) is 17.5 Å². The molecule has 1 N–H and O–H groups in total. The molecule has 3 aromatic rings. The van der Waals surface area contributed by atoms with E-state index in [0.29, 0.717) is 27.9 Å². The summed E-state index contributed by atoms with van der Waals surface area (Å²) in [5.74, 6) is -0.504.